The predicted octanol–water partition coefficient (Wildman–Crippen LogP) is 2.64. The first-order chi connectivity index (χ1) is 7.58. The Morgan fingerprint density at radius 2 is 1.88 bits per heavy atom. The molecule has 0 aliphatic carbocycles. The maximum atomic E-state index is 9.74. The summed E-state index contributed by atoms with van der Waals surface area (Å²) in [4.78, 5) is 6.75. The maximum absolute atomic E-state index is 9.74. The molecular formula is C13H24N2OS. The third kappa shape index (κ3) is 5.15. The highest BCUT2D eigenvalue weighted by atomic mass is 32.1. The van der Waals surface area contributed by atoms with Gasteiger partial charge >= 0.3 is 0 Å². The van der Waals surface area contributed by atoms with Crippen LogP contribution in [0.15, 0.2) is 5.38 Å². The van der Waals surface area contributed by atoms with E-state index in [9.17, 15) is 5.11 Å². The molecule has 0 aliphatic heterocycles. The number of hydrogen-bond acceptors (Lipinski definition) is 4. The molecule has 0 atom stereocenters. The molecule has 0 radical (unpaired) electrons. The zero-order valence-corrected chi connectivity index (χ0v) is 12.6. The van der Waals surface area contributed by atoms with Crippen molar-refractivity contribution in [1.82, 2.24) is 9.88 Å². The molecule has 0 unspecified atom stereocenters. The number of rotatable bonds is 4. The van der Waals surface area contributed by atoms with Crippen LogP contribution < -0.4 is 0 Å². The van der Waals surface area contributed by atoms with Crippen LogP contribution >= 0.6 is 11.3 Å². The van der Waals surface area contributed by atoms with Gasteiger partial charge in [0.1, 0.15) is 0 Å². The Morgan fingerprint density at radius 3 is 2.29 bits per heavy atom. The van der Waals surface area contributed by atoms with Gasteiger partial charge in [-0.2, -0.15) is 0 Å². The van der Waals surface area contributed by atoms with Crippen molar-refractivity contribution in [3.8, 4) is 0 Å². The first-order valence-electron chi connectivity index (χ1n) is 5.94. The minimum atomic E-state index is -0.655. The molecule has 0 bridgehead atoms. The molecule has 1 N–H and O–H groups in total. The molecule has 17 heavy (non-hydrogen) atoms. The summed E-state index contributed by atoms with van der Waals surface area (Å²) in [6.45, 7) is 11.6. The smallest absolute Gasteiger partial charge is 0.0982 e. The van der Waals surface area contributed by atoms with Crippen molar-refractivity contribution in [2.75, 3.05) is 13.6 Å². The highest BCUT2D eigenvalue weighted by Gasteiger charge is 2.20. The van der Waals surface area contributed by atoms with Crippen molar-refractivity contribution in [2.45, 2.75) is 52.2 Å². The van der Waals surface area contributed by atoms with Gasteiger partial charge < -0.3 is 5.11 Å². The van der Waals surface area contributed by atoms with Crippen LogP contribution in [-0.4, -0.2) is 34.2 Å². The summed E-state index contributed by atoms with van der Waals surface area (Å²) in [5, 5.41) is 13.0. The molecule has 0 amide bonds. The first-order valence-corrected chi connectivity index (χ1v) is 6.82. The summed E-state index contributed by atoms with van der Waals surface area (Å²) in [6, 6.07) is 0. The Morgan fingerprint density at radius 1 is 1.29 bits per heavy atom. The molecule has 1 heterocycles. The summed E-state index contributed by atoms with van der Waals surface area (Å²) in [7, 11) is 2.01. The summed E-state index contributed by atoms with van der Waals surface area (Å²) in [6.07, 6.45) is 0. The fourth-order valence-electron chi connectivity index (χ4n) is 1.72. The molecule has 0 aromatic carbocycles. The van der Waals surface area contributed by atoms with E-state index < -0.39 is 5.60 Å². The maximum Gasteiger partial charge on any atom is 0.0982 e. The van der Waals surface area contributed by atoms with Gasteiger partial charge in [-0.05, 0) is 20.9 Å². The van der Waals surface area contributed by atoms with Crippen molar-refractivity contribution in [1.29, 1.82) is 0 Å². The summed E-state index contributed by atoms with van der Waals surface area (Å²) in [5.41, 5.74) is 0.557. The topological polar surface area (TPSA) is 36.4 Å². The predicted molar refractivity (Wildman–Crippen MR) is 73.4 cm³/mol. The van der Waals surface area contributed by atoms with E-state index in [4.69, 9.17) is 0 Å². The number of aliphatic hydroxyl groups is 1. The second-order valence-corrected chi connectivity index (χ2v) is 7.24. The Bertz CT molecular complexity index is 360. The van der Waals surface area contributed by atoms with Crippen molar-refractivity contribution in [2.24, 2.45) is 0 Å². The molecule has 1 rings (SSSR count). The van der Waals surface area contributed by atoms with Gasteiger partial charge in [0.2, 0.25) is 0 Å². The average Bonchev–Trinajstić information content (AvgIpc) is 2.47. The lowest BCUT2D eigenvalue weighted by molar-refractivity contribution is 0.0422. The van der Waals surface area contributed by atoms with Crippen molar-refractivity contribution >= 4 is 11.3 Å². The molecule has 1 aromatic heterocycles. The van der Waals surface area contributed by atoms with E-state index in [-0.39, 0.29) is 5.41 Å². The van der Waals surface area contributed by atoms with Crippen molar-refractivity contribution in [3.63, 3.8) is 0 Å². The van der Waals surface area contributed by atoms with Crippen LogP contribution in [0, 0.1) is 0 Å². The SMILES string of the molecule is CN(Cc1csc(C(C)(C)C)n1)CC(C)(C)O. The quantitative estimate of drug-likeness (QED) is 0.899. The standard InChI is InChI=1S/C13H24N2OS/c1-12(2,3)11-14-10(8-17-11)7-15(6)9-13(4,5)16/h8,16H,7,9H2,1-6H3. The summed E-state index contributed by atoms with van der Waals surface area (Å²) < 4.78 is 0. The van der Waals surface area contributed by atoms with Gasteiger partial charge in [-0.15, -0.1) is 11.3 Å². The zero-order chi connectivity index (χ0) is 13.3. The van der Waals surface area contributed by atoms with Crippen molar-refractivity contribution in [3.05, 3.63) is 16.1 Å². The van der Waals surface area contributed by atoms with E-state index in [0.29, 0.717) is 6.54 Å². The summed E-state index contributed by atoms with van der Waals surface area (Å²) in [5.74, 6) is 0. The van der Waals surface area contributed by atoms with Gasteiger partial charge in [0.25, 0.3) is 0 Å². The van der Waals surface area contributed by atoms with E-state index in [0.717, 1.165) is 12.2 Å². The van der Waals surface area contributed by atoms with Crippen LogP contribution in [0.3, 0.4) is 0 Å². The average molecular weight is 256 g/mol. The molecule has 4 heteroatoms. The molecule has 1 aromatic rings. The molecule has 0 spiro atoms. The highest BCUT2D eigenvalue weighted by molar-refractivity contribution is 7.09. The lowest BCUT2D eigenvalue weighted by Gasteiger charge is -2.24. The Labute approximate surface area is 108 Å². The lowest BCUT2D eigenvalue weighted by atomic mass is 9.98. The van der Waals surface area contributed by atoms with Gasteiger partial charge in [-0.1, -0.05) is 20.8 Å². The van der Waals surface area contributed by atoms with Gasteiger partial charge in [-0.3, -0.25) is 4.90 Å². The monoisotopic (exact) mass is 256 g/mol. The normalized spacial score (nSPS) is 13.4. The van der Waals surface area contributed by atoms with Gasteiger partial charge in [0.15, 0.2) is 0 Å². The van der Waals surface area contributed by atoms with E-state index in [1.165, 1.54) is 5.01 Å². The van der Waals surface area contributed by atoms with Gasteiger partial charge in [0.05, 0.1) is 16.3 Å². The van der Waals surface area contributed by atoms with E-state index >= 15 is 0 Å². The number of hydrogen-bond donors (Lipinski definition) is 1. The zero-order valence-electron chi connectivity index (χ0n) is 11.7. The van der Waals surface area contributed by atoms with E-state index in [2.05, 4.69) is 36.0 Å². The number of thiazole rings is 1. The Hall–Kier alpha value is -0.450. The number of nitrogens with zero attached hydrogens (tertiary/aromatic N) is 2. The van der Waals surface area contributed by atoms with E-state index in [1.54, 1.807) is 11.3 Å². The Balaban J connectivity index is 2.61. The molecule has 3 nitrogen and oxygen atoms in total. The molecule has 0 fully saturated rings. The minimum Gasteiger partial charge on any atom is -0.389 e. The number of likely N-dealkylation sites (N-methyl/N-ethyl adjacent to an activating group) is 1. The molecule has 0 saturated heterocycles. The van der Waals surface area contributed by atoms with Crippen LogP contribution in [-0.2, 0) is 12.0 Å². The minimum absolute atomic E-state index is 0.123. The lowest BCUT2D eigenvalue weighted by Crippen LogP contribution is -2.35. The van der Waals surface area contributed by atoms with Crippen LogP contribution in [0.5, 0.6) is 0 Å². The largest absolute Gasteiger partial charge is 0.389 e. The second-order valence-electron chi connectivity index (χ2n) is 6.38. The third-order valence-electron chi connectivity index (χ3n) is 2.28. The van der Waals surface area contributed by atoms with Gasteiger partial charge in [0, 0.05) is 23.9 Å². The molecule has 0 saturated carbocycles. The fraction of sp³-hybridized carbons (Fsp3) is 0.769. The fourth-order valence-corrected chi connectivity index (χ4v) is 2.62. The van der Waals surface area contributed by atoms with Gasteiger partial charge in [-0.25, -0.2) is 4.98 Å². The highest BCUT2D eigenvalue weighted by Crippen LogP contribution is 2.25. The summed E-state index contributed by atoms with van der Waals surface area (Å²) >= 11 is 1.72. The third-order valence-corrected chi connectivity index (χ3v) is 3.60. The van der Waals surface area contributed by atoms with E-state index in [1.807, 2.05) is 20.9 Å². The second kappa shape index (κ2) is 5.04. The molecule has 0 aliphatic rings. The van der Waals surface area contributed by atoms with Crippen LogP contribution in [0.25, 0.3) is 0 Å². The van der Waals surface area contributed by atoms with Crippen molar-refractivity contribution < 1.29 is 5.11 Å². The van der Waals surface area contributed by atoms with Crippen LogP contribution in [0.4, 0.5) is 0 Å². The number of aromatic nitrogens is 1. The molecular weight excluding hydrogens is 232 g/mol. The first kappa shape index (κ1) is 14.6. The van der Waals surface area contributed by atoms with Crippen LogP contribution in [0.1, 0.15) is 45.3 Å². The Kier molecular flexibility index (Phi) is 4.33. The van der Waals surface area contributed by atoms with Crippen LogP contribution in [0.2, 0.25) is 0 Å². The molecule has 98 valence electrons.